The number of anilines is 1. The van der Waals surface area contributed by atoms with Crippen LogP contribution >= 0.6 is 23.5 Å². The van der Waals surface area contributed by atoms with Crippen molar-refractivity contribution in [2.45, 2.75) is 35.3 Å². The molecule has 1 amide bonds. The quantitative estimate of drug-likeness (QED) is 0.748. The number of hydrogen-bond acceptors (Lipinski definition) is 3. The second kappa shape index (κ2) is 8.30. The molecule has 0 aromatic heterocycles. The van der Waals surface area contributed by atoms with Gasteiger partial charge in [0.15, 0.2) is 0 Å². The van der Waals surface area contributed by atoms with Crippen molar-refractivity contribution in [3.63, 3.8) is 0 Å². The number of nitrogens with one attached hydrogen (secondary N) is 1. The molecule has 0 aliphatic carbocycles. The number of carbonyl (C=O) groups excluding carboxylic acids is 1. The van der Waals surface area contributed by atoms with Gasteiger partial charge in [-0.1, -0.05) is 38.1 Å². The van der Waals surface area contributed by atoms with Crippen LogP contribution in [-0.4, -0.2) is 17.4 Å². The zero-order valence-corrected chi connectivity index (χ0v) is 14.8. The minimum absolute atomic E-state index is 0.0192. The molecule has 4 heteroatoms. The Kier molecular flexibility index (Phi) is 6.40. The van der Waals surface area contributed by atoms with Gasteiger partial charge >= 0.3 is 0 Å². The monoisotopic (exact) mass is 331 g/mol. The Balaban J connectivity index is 1.97. The van der Waals surface area contributed by atoms with Gasteiger partial charge in [-0.05, 0) is 36.1 Å². The molecule has 1 N–H and O–H groups in total. The van der Waals surface area contributed by atoms with Crippen LogP contribution in [0.4, 0.5) is 5.69 Å². The molecule has 0 atom stereocenters. The second-order valence-electron chi connectivity index (χ2n) is 5.24. The summed E-state index contributed by atoms with van der Waals surface area (Å²) < 4.78 is 0. The van der Waals surface area contributed by atoms with Crippen molar-refractivity contribution >= 4 is 35.1 Å². The van der Waals surface area contributed by atoms with Crippen molar-refractivity contribution < 1.29 is 4.79 Å². The third kappa shape index (κ3) is 5.11. The molecule has 2 aromatic carbocycles. The Morgan fingerprint density at radius 2 is 1.77 bits per heavy atom. The molecule has 2 rings (SSSR count). The number of amides is 1. The number of thioether (sulfide) groups is 2. The van der Waals surface area contributed by atoms with Crippen molar-refractivity contribution in [1.82, 2.24) is 0 Å². The fourth-order valence-electron chi connectivity index (χ4n) is 2.09. The summed E-state index contributed by atoms with van der Waals surface area (Å²) in [6, 6.07) is 16.1. The SMILES string of the molecule is CSc1ccccc1NC(=O)Cc1ccc(SC(C)C)cc1. The maximum absolute atomic E-state index is 12.2. The van der Waals surface area contributed by atoms with Crippen LogP contribution in [0.25, 0.3) is 0 Å². The first-order chi connectivity index (χ1) is 10.6. The van der Waals surface area contributed by atoms with Crippen molar-refractivity contribution in [2.75, 3.05) is 11.6 Å². The predicted octanol–water partition coefficient (Wildman–Crippen LogP) is 5.09. The lowest BCUT2D eigenvalue weighted by Crippen LogP contribution is -2.14. The molecular weight excluding hydrogens is 310 g/mol. The van der Waals surface area contributed by atoms with Crippen LogP contribution in [0.15, 0.2) is 58.3 Å². The van der Waals surface area contributed by atoms with Crippen LogP contribution in [-0.2, 0) is 11.2 Å². The van der Waals surface area contributed by atoms with E-state index >= 15 is 0 Å². The van der Waals surface area contributed by atoms with Gasteiger partial charge in [-0.3, -0.25) is 4.79 Å². The molecular formula is C18H21NOS2. The minimum Gasteiger partial charge on any atom is -0.325 e. The normalized spacial score (nSPS) is 10.7. The highest BCUT2D eigenvalue weighted by molar-refractivity contribution is 8.00. The molecule has 2 nitrogen and oxygen atoms in total. The molecule has 2 aromatic rings. The average molecular weight is 332 g/mol. The van der Waals surface area contributed by atoms with Gasteiger partial charge < -0.3 is 5.32 Å². The standard InChI is InChI=1S/C18H21NOS2/c1-13(2)22-15-10-8-14(9-11-15)12-18(20)19-16-6-4-5-7-17(16)21-3/h4-11,13H,12H2,1-3H3,(H,19,20). The van der Waals surface area contributed by atoms with E-state index < -0.39 is 0 Å². The second-order valence-corrected chi connectivity index (χ2v) is 7.73. The Labute approximate surface area is 141 Å². The van der Waals surface area contributed by atoms with Gasteiger partial charge in [0.25, 0.3) is 0 Å². The first-order valence-electron chi connectivity index (χ1n) is 7.27. The summed E-state index contributed by atoms with van der Waals surface area (Å²) in [4.78, 5) is 14.5. The van der Waals surface area contributed by atoms with Crippen molar-refractivity contribution in [1.29, 1.82) is 0 Å². The van der Waals surface area contributed by atoms with E-state index in [9.17, 15) is 4.79 Å². The number of hydrogen-bond donors (Lipinski definition) is 1. The Morgan fingerprint density at radius 3 is 2.41 bits per heavy atom. The molecule has 0 saturated carbocycles. The van der Waals surface area contributed by atoms with E-state index in [2.05, 4.69) is 31.3 Å². The Hall–Kier alpha value is -1.39. The van der Waals surface area contributed by atoms with Gasteiger partial charge in [0.1, 0.15) is 0 Å². The van der Waals surface area contributed by atoms with Crippen LogP contribution in [0.3, 0.4) is 0 Å². The lowest BCUT2D eigenvalue weighted by molar-refractivity contribution is -0.115. The third-order valence-electron chi connectivity index (χ3n) is 3.04. The van der Waals surface area contributed by atoms with Crippen molar-refractivity contribution in [3.05, 3.63) is 54.1 Å². The molecule has 0 bridgehead atoms. The lowest BCUT2D eigenvalue weighted by atomic mass is 10.1. The van der Waals surface area contributed by atoms with Crippen LogP contribution in [0.2, 0.25) is 0 Å². The molecule has 0 radical (unpaired) electrons. The van der Waals surface area contributed by atoms with Crippen molar-refractivity contribution in [2.24, 2.45) is 0 Å². The first kappa shape index (κ1) is 17.0. The molecule has 0 heterocycles. The van der Waals surface area contributed by atoms with E-state index in [1.807, 2.05) is 54.4 Å². The topological polar surface area (TPSA) is 29.1 Å². The molecule has 0 aliphatic heterocycles. The van der Waals surface area contributed by atoms with Gasteiger partial charge in [0, 0.05) is 15.0 Å². The van der Waals surface area contributed by atoms with Gasteiger partial charge in [0.2, 0.25) is 5.91 Å². The molecule has 0 aliphatic rings. The lowest BCUT2D eigenvalue weighted by Gasteiger charge is -2.10. The third-order valence-corrected chi connectivity index (χ3v) is 4.85. The van der Waals surface area contributed by atoms with E-state index in [1.165, 1.54) is 4.90 Å². The van der Waals surface area contributed by atoms with E-state index in [4.69, 9.17) is 0 Å². The summed E-state index contributed by atoms with van der Waals surface area (Å²) in [5.41, 5.74) is 1.92. The number of rotatable bonds is 6. The van der Waals surface area contributed by atoms with Gasteiger partial charge in [0.05, 0.1) is 12.1 Å². The zero-order valence-electron chi connectivity index (χ0n) is 13.1. The summed E-state index contributed by atoms with van der Waals surface area (Å²) in [5.74, 6) is 0.0192. The van der Waals surface area contributed by atoms with Crippen LogP contribution in [0, 0.1) is 0 Å². The maximum atomic E-state index is 12.2. The van der Waals surface area contributed by atoms with Gasteiger partial charge in [-0.15, -0.1) is 23.5 Å². The molecule has 116 valence electrons. The van der Waals surface area contributed by atoms with Gasteiger partial charge in [-0.2, -0.15) is 0 Å². The van der Waals surface area contributed by atoms with Crippen LogP contribution in [0.5, 0.6) is 0 Å². The summed E-state index contributed by atoms with van der Waals surface area (Å²) >= 11 is 3.46. The van der Waals surface area contributed by atoms with E-state index in [1.54, 1.807) is 11.8 Å². The molecule has 0 unspecified atom stereocenters. The average Bonchev–Trinajstić information content (AvgIpc) is 2.49. The fraction of sp³-hybridized carbons (Fsp3) is 0.278. The summed E-state index contributed by atoms with van der Waals surface area (Å²) in [5, 5.41) is 3.56. The minimum atomic E-state index is 0.0192. The first-order valence-corrected chi connectivity index (χ1v) is 9.37. The van der Waals surface area contributed by atoms with Crippen molar-refractivity contribution in [3.8, 4) is 0 Å². The Morgan fingerprint density at radius 1 is 1.09 bits per heavy atom. The predicted molar refractivity (Wildman–Crippen MR) is 98.0 cm³/mol. The number of para-hydroxylation sites is 1. The molecule has 0 fully saturated rings. The zero-order chi connectivity index (χ0) is 15.9. The van der Waals surface area contributed by atoms with E-state index in [0.29, 0.717) is 11.7 Å². The molecule has 22 heavy (non-hydrogen) atoms. The van der Waals surface area contributed by atoms with E-state index in [0.717, 1.165) is 16.1 Å². The highest BCUT2D eigenvalue weighted by atomic mass is 32.2. The van der Waals surface area contributed by atoms with Crippen LogP contribution in [0.1, 0.15) is 19.4 Å². The fourth-order valence-corrected chi connectivity index (χ4v) is 3.48. The van der Waals surface area contributed by atoms with Gasteiger partial charge in [-0.25, -0.2) is 0 Å². The Bertz CT molecular complexity index is 623. The summed E-state index contributed by atoms with van der Waals surface area (Å²) in [6.07, 6.45) is 2.41. The van der Waals surface area contributed by atoms with Crippen LogP contribution < -0.4 is 5.32 Å². The highest BCUT2D eigenvalue weighted by Gasteiger charge is 2.07. The summed E-state index contributed by atoms with van der Waals surface area (Å²) in [6.45, 7) is 4.35. The molecule has 0 spiro atoms. The summed E-state index contributed by atoms with van der Waals surface area (Å²) in [7, 11) is 0. The number of carbonyl (C=O) groups is 1. The highest BCUT2D eigenvalue weighted by Crippen LogP contribution is 2.25. The number of benzene rings is 2. The smallest absolute Gasteiger partial charge is 0.228 e. The molecule has 0 saturated heterocycles. The van der Waals surface area contributed by atoms with E-state index in [-0.39, 0.29) is 5.91 Å². The largest absolute Gasteiger partial charge is 0.325 e. The maximum Gasteiger partial charge on any atom is 0.228 e.